The largest absolute Gasteiger partial charge is 0.494 e. The van der Waals surface area contributed by atoms with Crippen molar-refractivity contribution in [2.45, 2.75) is 32.1 Å². The van der Waals surface area contributed by atoms with Gasteiger partial charge in [0.25, 0.3) is 0 Å². The van der Waals surface area contributed by atoms with E-state index in [1.807, 2.05) is 19.1 Å². The minimum absolute atomic E-state index is 0.177. The van der Waals surface area contributed by atoms with Gasteiger partial charge in [0.15, 0.2) is 0 Å². The van der Waals surface area contributed by atoms with Crippen LogP contribution in [0.4, 0.5) is 0 Å². The summed E-state index contributed by atoms with van der Waals surface area (Å²) in [6.45, 7) is 4.88. The quantitative estimate of drug-likeness (QED) is 0.678. The van der Waals surface area contributed by atoms with Gasteiger partial charge in [0.05, 0.1) is 6.61 Å². The maximum Gasteiger partial charge on any atom is 0.119 e. The third-order valence-electron chi connectivity index (χ3n) is 1.89. The molecule has 1 rings (SSSR count). The van der Waals surface area contributed by atoms with Crippen LogP contribution in [0.15, 0.2) is 24.3 Å². The van der Waals surface area contributed by atoms with Crippen LogP contribution in [0, 0.1) is 0 Å². The average Bonchev–Trinajstić information content (AvgIpc) is 2.14. The summed E-state index contributed by atoms with van der Waals surface area (Å²) in [6, 6.07) is 8.14. The molecule has 0 radical (unpaired) electrons. The minimum Gasteiger partial charge on any atom is -0.494 e. The van der Waals surface area contributed by atoms with Crippen LogP contribution in [-0.2, 0) is 6.42 Å². The van der Waals surface area contributed by atoms with Gasteiger partial charge < -0.3 is 4.74 Å². The summed E-state index contributed by atoms with van der Waals surface area (Å²) in [5.41, 5.74) is 1.24. The Morgan fingerprint density at radius 1 is 1.43 bits per heavy atom. The standard InChI is InChI=1S/C12H17ClO/c1-3-7-14-12-6-4-5-11(9-12)8-10(2)13/h4-6,9-10H,3,7-8H2,1-2H3. The summed E-state index contributed by atoms with van der Waals surface area (Å²) in [4.78, 5) is 0. The number of hydrogen-bond acceptors (Lipinski definition) is 1. The highest BCUT2D eigenvalue weighted by Crippen LogP contribution is 2.16. The van der Waals surface area contributed by atoms with Crippen molar-refractivity contribution >= 4 is 11.6 Å². The summed E-state index contributed by atoms with van der Waals surface area (Å²) < 4.78 is 5.53. The van der Waals surface area contributed by atoms with E-state index in [1.165, 1.54) is 5.56 Å². The molecule has 1 atom stereocenters. The van der Waals surface area contributed by atoms with Crippen LogP contribution in [0.1, 0.15) is 25.8 Å². The molecule has 0 heterocycles. The molecule has 0 fully saturated rings. The molecule has 0 saturated carbocycles. The number of alkyl halides is 1. The third kappa shape index (κ3) is 4.01. The monoisotopic (exact) mass is 212 g/mol. The van der Waals surface area contributed by atoms with E-state index in [4.69, 9.17) is 16.3 Å². The van der Waals surface area contributed by atoms with E-state index in [0.717, 1.165) is 25.2 Å². The molecule has 0 spiro atoms. The smallest absolute Gasteiger partial charge is 0.119 e. The summed E-state index contributed by atoms with van der Waals surface area (Å²) in [5.74, 6) is 0.946. The van der Waals surface area contributed by atoms with Gasteiger partial charge in [0, 0.05) is 5.38 Å². The number of rotatable bonds is 5. The van der Waals surface area contributed by atoms with E-state index < -0.39 is 0 Å². The van der Waals surface area contributed by atoms with Crippen LogP contribution in [0.2, 0.25) is 0 Å². The van der Waals surface area contributed by atoms with Crippen molar-refractivity contribution in [2.75, 3.05) is 6.61 Å². The van der Waals surface area contributed by atoms with E-state index in [-0.39, 0.29) is 5.38 Å². The van der Waals surface area contributed by atoms with Gasteiger partial charge in [-0.3, -0.25) is 0 Å². The highest BCUT2D eigenvalue weighted by molar-refractivity contribution is 6.20. The number of ether oxygens (including phenoxy) is 1. The molecular formula is C12H17ClO. The Kier molecular flexibility index (Phi) is 4.81. The molecule has 0 N–H and O–H groups in total. The fraction of sp³-hybridized carbons (Fsp3) is 0.500. The van der Waals surface area contributed by atoms with Gasteiger partial charge in [-0.15, -0.1) is 11.6 Å². The zero-order valence-corrected chi connectivity index (χ0v) is 9.55. The zero-order valence-electron chi connectivity index (χ0n) is 8.79. The maximum atomic E-state index is 5.93. The second-order valence-corrected chi connectivity index (χ2v) is 4.23. The topological polar surface area (TPSA) is 9.23 Å². The highest BCUT2D eigenvalue weighted by atomic mass is 35.5. The van der Waals surface area contributed by atoms with Crippen LogP contribution in [-0.4, -0.2) is 12.0 Å². The van der Waals surface area contributed by atoms with Gasteiger partial charge in [0.2, 0.25) is 0 Å². The lowest BCUT2D eigenvalue weighted by atomic mass is 10.1. The van der Waals surface area contributed by atoms with Crippen molar-refractivity contribution < 1.29 is 4.74 Å². The molecule has 0 saturated heterocycles. The molecule has 14 heavy (non-hydrogen) atoms. The highest BCUT2D eigenvalue weighted by Gasteiger charge is 2.00. The minimum atomic E-state index is 0.177. The molecule has 1 nitrogen and oxygen atoms in total. The summed E-state index contributed by atoms with van der Waals surface area (Å²) in [6.07, 6.45) is 1.93. The molecule has 1 aromatic carbocycles. The summed E-state index contributed by atoms with van der Waals surface area (Å²) in [5, 5.41) is 0.177. The van der Waals surface area contributed by atoms with Gasteiger partial charge in [-0.2, -0.15) is 0 Å². The molecule has 0 aliphatic heterocycles. The van der Waals surface area contributed by atoms with E-state index >= 15 is 0 Å². The maximum absolute atomic E-state index is 5.93. The molecule has 0 amide bonds. The van der Waals surface area contributed by atoms with E-state index in [1.54, 1.807) is 0 Å². The fourth-order valence-corrected chi connectivity index (χ4v) is 1.49. The Morgan fingerprint density at radius 3 is 2.86 bits per heavy atom. The van der Waals surface area contributed by atoms with Gasteiger partial charge >= 0.3 is 0 Å². The second-order valence-electron chi connectivity index (χ2n) is 3.48. The van der Waals surface area contributed by atoms with Crippen LogP contribution in [0.3, 0.4) is 0 Å². The van der Waals surface area contributed by atoms with Crippen LogP contribution >= 0.6 is 11.6 Å². The van der Waals surface area contributed by atoms with E-state index in [0.29, 0.717) is 0 Å². The Morgan fingerprint density at radius 2 is 2.21 bits per heavy atom. The Bertz CT molecular complexity index is 271. The molecule has 2 heteroatoms. The van der Waals surface area contributed by atoms with Crippen molar-refractivity contribution in [3.8, 4) is 5.75 Å². The van der Waals surface area contributed by atoms with Gasteiger partial charge in [0.1, 0.15) is 5.75 Å². The fourth-order valence-electron chi connectivity index (χ4n) is 1.31. The van der Waals surface area contributed by atoms with Gasteiger partial charge in [-0.05, 0) is 37.5 Å². The van der Waals surface area contributed by atoms with Crippen molar-refractivity contribution in [2.24, 2.45) is 0 Å². The molecule has 0 bridgehead atoms. The van der Waals surface area contributed by atoms with E-state index in [9.17, 15) is 0 Å². The molecule has 1 unspecified atom stereocenters. The molecule has 1 aromatic rings. The van der Waals surface area contributed by atoms with Gasteiger partial charge in [-0.1, -0.05) is 19.1 Å². The Balaban J connectivity index is 2.59. The lowest BCUT2D eigenvalue weighted by molar-refractivity contribution is 0.317. The molecule has 0 aliphatic rings. The average molecular weight is 213 g/mol. The lowest BCUT2D eigenvalue weighted by Crippen LogP contribution is -1.99. The van der Waals surface area contributed by atoms with Crippen LogP contribution < -0.4 is 4.74 Å². The number of hydrogen-bond donors (Lipinski definition) is 0. The van der Waals surface area contributed by atoms with Crippen LogP contribution in [0.25, 0.3) is 0 Å². The first kappa shape index (κ1) is 11.4. The third-order valence-corrected chi connectivity index (χ3v) is 2.04. The summed E-state index contributed by atoms with van der Waals surface area (Å²) >= 11 is 5.93. The lowest BCUT2D eigenvalue weighted by Gasteiger charge is -2.07. The van der Waals surface area contributed by atoms with Crippen molar-refractivity contribution in [1.82, 2.24) is 0 Å². The SMILES string of the molecule is CCCOc1cccc(CC(C)Cl)c1. The number of halogens is 1. The summed E-state index contributed by atoms with van der Waals surface area (Å²) in [7, 11) is 0. The molecular weight excluding hydrogens is 196 g/mol. The van der Waals surface area contributed by atoms with E-state index in [2.05, 4.69) is 19.1 Å². The predicted octanol–water partition coefficient (Wildman–Crippen LogP) is 3.65. The van der Waals surface area contributed by atoms with Crippen molar-refractivity contribution in [3.05, 3.63) is 29.8 Å². The second kappa shape index (κ2) is 5.92. The van der Waals surface area contributed by atoms with Crippen LogP contribution in [0.5, 0.6) is 5.75 Å². The normalized spacial score (nSPS) is 12.5. The van der Waals surface area contributed by atoms with Crippen molar-refractivity contribution in [3.63, 3.8) is 0 Å². The van der Waals surface area contributed by atoms with Crippen molar-refractivity contribution in [1.29, 1.82) is 0 Å². The first-order valence-electron chi connectivity index (χ1n) is 5.08. The number of benzene rings is 1. The molecule has 0 aromatic heterocycles. The first-order valence-corrected chi connectivity index (χ1v) is 5.52. The van der Waals surface area contributed by atoms with Gasteiger partial charge in [-0.25, -0.2) is 0 Å². The zero-order chi connectivity index (χ0) is 10.4. The Labute approximate surface area is 91.0 Å². The first-order chi connectivity index (χ1) is 6.72. The molecule has 78 valence electrons. The predicted molar refractivity (Wildman–Crippen MR) is 61.2 cm³/mol. The molecule has 0 aliphatic carbocycles. The Hall–Kier alpha value is -0.690.